The molecule has 0 atom stereocenters. The van der Waals surface area contributed by atoms with Gasteiger partial charge in [0.2, 0.25) is 0 Å². The predicted octanol–water partition coefficient (Wildman–Crippen LogP) is 2.44. The first-order valence-electron chi connectivity index (χ1n) is 10.5. The number of hydrogen-bond donors (Lipinski definition) is 0. The molecule has 0 aromatic carbocycles. The minimum absolute atomic E-state index is 0.697. The van der Waals surface area contributed by atoms with Gasteiger partial charge in [0.25, 0.3) is 0 Å². The van der Waals surface area contributed by atoms with E-state index < -0.39 is 0 Å². The predicted molar refractivity (Wildman–Crippen MR) is 114 cm³/mol. The van der Waals surface area contributed by atoms with Crippen LogP contribution in [0.3, 0.4) is 0 Å². The van der Waals surface area contributed by atoms with Crippen LogP contribution in [-0.4, -0.2) is 50.9 Å². The first-order chi connectivity index (χ1) is 14.7. The molecule has 1 saturated heterocycles. The van der Waals surface area contributed by atoms with Gasteiger partial charge in [-0.3, -0.25) is 0 Å². The largest absolute Gasteiger partial charge is 0.353 e. The van der Waals surface area contributed by atoms with E-state index in [1.807, 2.05) is 25.3 Å². The number of fused-ring (bicyclic) bond motifs is 1. The van der Waals surface area contributed by atoms with Crippen molar-refractivity contribution in [3.8, 4) is 11.9 Å². The van der Waals surface area contributed by atoms with E-state index in [9.17, 15) is 5.26 Å². The fourth-order valence-corrected chi connectivity index (χ4v) is 4.31. The molecule has 5 rings (SSSR count). The molecule has 30 heavy (non-hydrogen) atoms. The van der Waals surface area contributed by atoms with E-state index in [-0.39, 0.29) is 0 Å². The quantitative estimate of drug-likeness (QED) is 0.667. The minimum atomic E-state index is 0.697. The monoisotopic (exact) mass is 400 g/mol. The van der Waals surface area contributed by atoms with Crippen LogP contribution in [0.2, 0.25) is 0 Å². The molecule has 0 bridgehead atoms. The Bertz CT molecular complexity index is 1090. The van der Waals surface area contributed by atoms with Crippen LogP contribution < -0.4 is 9.80 Å². The smallest absolute Gasteiger partial charge is 0.159 e. The zero-order chi connectivity index (χ0) is 20.5. The molecule has 0 spiro atoms. The Labute approximate surface area is 175 Å². The van der Waals surface area contributed by atoms with Gasteiger partial charge in [0.15, 0.2) is 5.82 Å². The lowest BCUT2D eigenvalue weighted by Crippen LogP contribution is -2.47. The molecule has 2 aliphatic rings. The molecule has 0 unspecified atom stereocenters. The minimum Gasteiger partial charge on any atom is -0.353 e. The summed E-state index contributed by atoms with van der Waals surface area (Å²) >= 11 is 0. The lowest BCUT2D eigenvalue weighted by atomic mass is 9.95. The Hall–Kier alpha value is -3.47. The van der Waals surface area contributed by atoms with Gasteiger partial charge in [0.1, 0.15) is 23.5 Å². The van der Waals surface area contributed by atoms with E-state index in [1.54, 1.807) is 10.9 Å². The van der Waals surface area contributed by atoms with Gasteiger partial charge >= 0.3 is 0 Å². The number of anilines is 2. The third kappa shape index (κ3) is 3.47. The van der Waals surface area contributed by atoms with Crippen LogP contribution in [0.25, 0.3) is 5.82 Å². The molecule has 152 valence electrons. The van der Waals surface area contributed by atoms with Crippen LogP contribution >= 0.6 is 0 Å². The molecule has 0 saturated carbocycles. The highest BCUT2D eigenvalue weighted by atomic mass is 15.3. The fraction of sp³-hybridized carbons (Fsp3) is 0.409. The van der Waals surface area contributed by atoms with Gasteiger partial charge in [0, 0.05) is 50.3 Å². The molecular formula is C22H24N8. The standard InChI is InChI=1S/C22H24N8/c1-16-25-20(14-21(26-16)30-8-4-7-24-30)28-9-11-29(12-10-28)22-18(15-23)13-17-5-2-3-6-19(17)27-22/h4,7-8,13-14H,2-3,5-6,9-12H2,1H3. The number of hydrogen-bond acceptors (Lipinski definition) is 7. The topological polar surface area (TPSA) is 86.8 Å². The number of aryl methyl sites for hydroxylation is 3. The van der Waals surface area contributed by atoms with E-state index in [4.69, 9.17) is 4.98 Å². The van der Waals surface area contributed by atoms with Gasteiger partial charge in [-0.2, -0.15) is 10.4 Å². The number of nitriles is 1. The Balaban J connectivity index is 1.36. The molecular weight excluding hydrogens is 376 g/mol. The van der Waals surface area contributed by atoms with Crippen molar-refractivity contribution in [3.05, 3.63) is 53.2 Å². The molecule has 0 radical (unpaired) electrons. The molecule has 4 heterocycles. The number of pyridine rings is 1. The van der Waals surface area contributed by atoms with Crippen LogP contribution in [0.5, 0.6) is 0 Å². The van der Waals surface area contributed by atoms with Crippen molar-refractivity contribution in [1.82, 2.24) is 24.7 Å². The average molecular weight is 400 g/mol. The Morgan fingerprint density at radius 2 is 1.70 bits per heavy atom. The van der Waals surface area contributed by atoms with Gasteiger partial charge in [-0.05, 0) is 50.3 Å². The summed E-state index contributed by atoms with van der Waals surface area (Å²) < 4.78 is 1.75. The van der Waals surface area contributed by atoms with Gasteiger partial charge < -0.3 is 9.80 Å². The van der Waals surface area contributed by atoms with Gasteiger partial charge in [-0.1, -0.05) is 0 Å². The van der Waals surface area contributed by atoms with Crippen molar-refractivity contribution < 1.29 is 0 Å². The summed E-state index contributed by atoms with van der Waals surface area (Å²) in [6.07, 6.45) is 8.06. The van der Waals surface area contributed by atoms with Gasteiger partial charge in [0.05, 0.1) is 5.56 Å². The summed E-state index contributed by atoms with van der Waals surface area (Å²) in [6.45, 7) is 5.15. The lowest BCUT2D eigenvalue weighted by Gasteiger charge is -2.37. The second-order valence-corrected chi connectivity index (χ2v) is 7.84. The summed E-state index contributed by atoms with van der Waals surface area (Å²) in [4.78, 5) is 18.6. The van der Waals surface area contributed by atoms with Gasteiger partial charge in [-0.15, -0.1) is 0 Å². The summed E-state index contributed by atoms with van der Waals surface area (Å²) in [5.74, 6) is 3.25. The first kappa shape index (κ1) is 18.6. The highest BCUT2D eigenvalue weighted by Gasteiger charge is 2.24. The molecule has 1 fully saturated rings. The SMILES string of the molecule is Cc1nc(N2CCN(c3nc4c(cc3C#N)CCCC4)CC2)cc(-n2cccn2)n1. The molecule has 3 aromatic heterocycles. The Morgan fingerprint density at radius 1 is 0.933 bits per heavy atom. The number of aromatic nitrogens is 5. The summed E-state index contributed by atoms with van der Waals surface area (Å²) in [6, 6.07) is 8.29. The average Bonchev–Trinajstić information content (AvgIpc) is 3.33. The molecule has 1 aliphatic carbocycles. The van der Waals surface area contributed by atoms with Gasteiger partial charge in [-0.25, -0.2) is 19.6 Å². The maximum atomic E-state index is 9.68. The van der Waals surface area contributed by atoms with E-state index in [0.29, 0.717) is 5.56 Å². The molecule has 8 heteroatoms. The van der Waals surface area contributed by atoms with Crippen LogP contribution in [0.1, 0.15) is 35.5 Å². The number of nitrogens with zero attached hydrogens (tertiary/aromatic N) is 8. The summed E-state index contributed by atoms with van der Waals surface area (Å²) in [5, 5.41) is 14.0. The third-order valence-electron chi connectivity index (χ3n) is 5.85. The summed E-state index contributed by atoms with van der Waals surface area (Å²) in [5.41, 5.74) is 3.12. The normalized spacial score (nSPS) is 16.3. The molecule has 8 nitrogen and oxygen atoms in total. The van der Waals surface area contributed by atoms with Crippen molar-refractivity contribution in [2.75, 3.05) is 36.0 Å². The van der Waals surface area contributed by atoms with E-state index in [2.05, 4.69) is 37.0 Å². The van der Waals surface area contributed by atoms with Crippen LogP contribution in [0, 0.1) is 18.3 Å². The first-order valence-corrected chi connectivity index (χ1v) is 10.5. The van der Waals surface area contributed by atoms with Crippen molar-refractivity contribution in [3.63, 3.8) is 0 Å². The molecule has 3 aromatic rings. The number of rotatable bonds is 3. The van der Waals surface area contributed by atoms with Crippen molar-refractivity contribution >= 4 is 11.6 Å². The van der Waals surface area contributed by atoms with Crippen LogP contribution in [0.15, 0.2) is 30.6 Å². The maximum Gasteiger partial charge on any atom is 0.159 e. The molecule has 0 amide bonds. The second kappa shape index (κ2) is 7.75. The van der Waals surface area contributed by atoms with Crippen LogP contribution in [0.4, 0.5) is 11.6 Å². The summed E-state index contributed by atoms with van der Waals surface area (Å²) in [7, 11) is 0. The lowest BCUT2D eigenvalue weighted by molar-refractivity contribution is 0.628. The van der Waals surface area contributed by atoms with Crippen molar-refractivity contribution in [1.29, 1.82) is 5.26 Å². The van der Waals surface area contributed by atoms with E-state index in [1.165, 1.54) is 24.1 Å². The van der Waals surface area contributed by atoms with Crippen LogP contribution in [-0.2, 0) is 12.8 Å². The Morgan fingerprint density at radius 3 is 2.47 bits per heavy atom. The fourth-order valence-electron chi connectivity index (χ4n) is 4.31. The van der Waals surface area contributed by atoms with E-state index >= 15 is 0 Å². The zero-order valence-electron chi connectivity index (χ0n) is 17.1. The van der Waals surface area contributed by atoms with Crippen molar-refractivity contribution in [2.45, 2.75) is 32.6 Å². The maximum absolute atomic E-state index is 9.68. The third-order valence-corrected chi connectivity index (χ3v) is 5.85. The zero-order valence-corrected chi connectivity index (χ0v) is 17.1. The van der Waals surface area contributed by atoms with Crippen molar-refractivity contribution in [2.24, 2.45) is 0 Å². The van der Waals surface area contributed by atoms with E-state index in [0.717, 1.165) is 62.3 Å². The Kier molecular flexibility index (Phi) is 4.79. The highest BCUT2D eigenvalue weighted by Crippen LogP contribution is 2.28. The highest BCUT2D eigenvalue weighted by molar-refractivity contribution is 5.58. The second-order valence-electron chi connectivity index (χ2n) is 7.84. The number of piperazine rings is 1. The molecule has 0 N–H and O–H groups in total. The molecule has 1 aliphatic heterocycles.